The van der Waals surface area contributed by atoms with Crippen LogP contribution in [0.2, 0.25) is 0 Å². The van der Waals surface area contributed by atoms with E-state index >= 15 is 0 Å². The zero-order valence-electron chi connectivity index (χ0n) is 17.1. The summed E-state index contributed by atoms with van der Waals surface area (Å²) >= 11 is 0. The van der Waals surface area contributed by atoms with Crippen molar-refractivity contribution < 1.29 is 23.5 Å². The van der Waals surface area contributed by atoms with E-state index in [0.29, 0.717) is 37.3 Å². The fourth-order valence-electron chi connectivity index (χ4n) is 3.37. The second-order valence-electron chi connectivity index (χ2n) is 8.40. The number of piperidine rings is 1. The molecule has 29 heavy (non-hydrogen) atoms. The molecule has 1 aromatic carbocycles. The van der Waals surface area contributed by atoms with Gasteiger partial charge in [-0.2, -0.15) is 0 Å². The summed E-state index contributed by atoms with van der Waals surface area (Å²) in [5, 5.41) is 0. The number of ether oxygens (including phenoxy) is 1. The van der Waals surface area contributed by atoms with Crippen molar-refractivity contribution in [3.63, 3.8) is 0 Å². The highest BCUT2D eigenvalue weighted by Gasteiger charge is 2.30. The minimum atomic E-state index is -0.380. The zero-order chi connectivity index (χ0) is 21.0. The molecule has 0 aliphatic carbocycles. The molecule has 0 atom stereocenters. The van der Waals surface area contributed by atoms with Gasteiger partial charge in [0.2, 0.25) is 0 Å². The Kier molecular flexibility index (Phi) is 6.20. The van der Waals surface area contributed by atoms with Gasteiger partial charge in [0.1, 0.15) is 0 Å². The molecule has 2 aromatic rings. The topological polar surface area (TPSA) is 76.8 Å². The summed E-state index contributed by atoms with van der Waals surface area (Å²) in [6.07, 6.45) is 2.49. The molecular weight excluding hydrogens is 370 g/mol. The maximum Gasteiger partial charge on any atom is 0.309 e. The Labute approximate surface area is 170 Å². The highest BCUT2D eigenvalue weighted by molar-refractivity contribution is 5.98. The Bertz CT molecular complexity index is 854. The van der Waals surface area contributed by atoms with Crippen LogP contribution in [0.5, 0.6) is 0 Å². The van der Waals surface area contributed by atoms with E-state index in [0.717, 1.165) is 5.56 Å². The Morgan fingerprint density at radius 1 is 1.07 bits per heavy atom. The second-order valence-corrected chi connectivity index (χ2v) is 8.40. The first-order valence-electron chi connectivity index (χ1n) is 9.89. The first-order valence-corrected chi connectivity index (χ1v) is 9.89. The number of carbonyl (C=O) groups is 3. The van der Waals surface area contributed by atoms with Gasteiger partial charge in [-0.15, -0.1) is 0 Å². The van der Waals surface area contributed by atoms with Crippen LogP contribution in [0.1, 0.15) is 60.1 Å². The normalized spacial score (nSPS) is 15.2. The van der Waals surface area contributed by atoms with E-state index in [4.69, 9.17) is 9.15 Å². The van der Waals surface area contributed by atoms with E-state index in [-0.39, 0.29) is 35.6 Å². The number of nitrogens with zero attached hydrogens (tertiary/aromatic N) is 1. The quantitative estimate of drug-likeness (QED) is 0.566. The molecule has 2 heterocycles. The highest BCUT2D eigenvalue weighted by Crippen LogP contribution is 2.23. The van der Waals surface area contributed by atoms with Crippen molar-refractivity contribution in [3.05, 3.63) is 59.5 Å². The maximum atomic E-state index is 12.3. The molecule has 0 spiro atoms. The van der Waals surface area contributed by atoms with Gasteiger partial charge in [0, 0.05) is 18.7 Å². The molecule has 1 amide bonds. The maximum absolute atomic E-state index is 12.3. The number of hydrogen-bond donors (Lipinski definition) is 0. The molecule has 0 unspecified atom stereocenters. The monoisotopic (exact) mass is 397 g/mol. The van der Waals surface area contributed by atoms with Crippen LogP contribution in [-0.2, 0) is 14.9 Å². The number of esters is 1. The molecule has 0 bridgehead atoms. The summed E-state index contributed by atoms with van der Waals surface area (Å²) < 4.78 is 10.4. The number of carbonyl (C=O) groups excluding carboxylic acids is 3. The molecule has 1 aliphatic rings. The van der Waals surface area contributed by atoms with E-state index in [9.17, 15) is 14.4 Å². The minimum Gasteiger partial charge on any atom is -0.459 e. The lowest BCUT2D eigenvalue weighted by atomic mass is 9.86. The summed E-state index contributed by atoms with van der Waals surface area (Å²) in [5.74, 6) is -0.768. The SMILES string of the molecule is CC(C)(C)c1ccc(C(=O)COC(=O)C2CCN(C(=O)c3ccco3)CC2)cc1. The number of amides is 1. The van der Waals surface area contributed by atoms with Gasteiger partial charge in [-0.3, -0.25) is 14.4 Å². The van der Waals surface area contributed by atoms with Crippen LogP contribution in [0.4, 0.5) is 0 Å². The number of likely N-dealkylation sites (tertiary alicyclic amines) is 1. The Morgan fingerprint density at radius 2 is 1.72 bits per heavy atom. The Hall–Kier alpha value is -2.89. The van der Waals surface area contributed by atoms with Crippen molar-refractivity contribution in [2.75, 3.05) is 19.7 Å². The van der Waals surface area contributed by atoms with E-state index in [1.54, 1.807) is 29.2 Å². The van der Waals surface area contributed by atoms with Gasteiger partial charge in [0.15, 0.2) is 18.2 Å². The summed E-state index contributed by atoms with van der Waals surface area (Å²) in [6.45, 7) is 6.99. The van der Waals surface area contributed by atoms with Gasteiger partial charge >= 0.3 is 5.97 Å². The molecule has 0 saturated carbocycles. The van der Waals surface area contributed by atoms with Crippen molar-refractivity contribution in [3.8, 4) is 0 Å². The van der Waals surface area contributed by atoms with Crippen molar-refractivity contribution in [2.45, 2.75) is 39.0 Å². The van der Waals surface area contributed by atoms with Crippen molar-refractivity contribution in [1.82, 2.24) is 4.90 Å². The third-order valence-electron chi connectivity index (χ3n) is 5.27. The average molecular weight is 397 g/mol. The first kappa shape index (κ1) is 20.8. The van der Waals surface area contributed by atoms with Crippen LogP contribution in [0, 0.1) is 5.92 Å². The number of rotatable bonds is 5. The third-order valence-corrected chi connectivity index (χ3v) is 5.27. The van der Waals surface area contributed by atoms with Gasteiger partial charge in [0.25, 0.3) is 5.91 Å². The smallest absolute Gasteiger partial charge is 0.309 e. The molecule has 1 aromatic heterocycles. The van der Waals surface area contributed by atoms with Crippen LogP contribution < -0.4 is 0 Å². The lowest BCUT2D eigenvalue weighted by Crippen LogP contribution is -2.40. The average Bonchev–Trinajstić information content (AvgIpc) is 3.25. The molecule has 1 saturated heterocycles. The minimum absolute atomic E-state index is 0.0151. The second kappa shape index (κ2) is 8.64. The first-order chi connectivity index (χ1) is 13.8. The zero-order valence-corrected chi connectivity index (χ0v) is 17.1. The fourth-order valence-corrected chi connectivity index (χ4v) is 3.37. The molecule has 0 radical (unpaired) electrons. The van der Waals surface area contributed by atoms with Gasteiger partial charge in [-0.25, -0.2) is 0 Å². The standard InChI is InChI=1S/C23H27NO5/c1-23(2,3)18-8-6-16(7-9-18)19(25)15-29-22(27)17-10-12-24(13-11-17)21(26)20-5-4-14-28-20/h4-9,14,17H,10-13,15H2,1-3H3. The lowest BCUT2D eigenvalue weighted by molar-refractivity contribution is -0.148. The van der Waals surface area contributed by atoms with E-state index in [2.05, 4.69) is 20.8 Å². The van der Waals surface area contributed by atoms with Crippen molar-refractivity contribution in [2.24, 2.45) is 5.92 Å². The predicted molar refractivity (Wildman–Crippen MR) is 108 cm³/mol. The predicted octanol–water partition coefficient (Wildman–Crippen LogP) is 3.86. The Balaban J connectivity index is 1.46. The van der Waals surface area contributed by atoms with Crippen LogP contribution >= 0.6 is 0 Å². The van der Waals surface area contributed by atoms with Crippen molar-refractivity contribution in [1.29, 1.82) is 0 Å². The van der Waals surface area contributed by atoms with Gasteiger partial charge in [0.05, 0.1) is 12.2 Å². The van der Waals surface area contributed by atoms with E-state index in [1.165, 1.54) is 6.26 Å². The van der Waals surface area contributed by atoms with Gasteiger partial charge in [-0.05, 0) is 36.0 Å². The Morgan fingerprint density at radius 3 is 2.28 bits per heavy atom. The van der Waals surface area contributed by atoms with Crippen LogP contribution in [-0.4, -0.2) is 42.3 Å². The molecule has 6 nitrogen and oxygen atoms in total. The molecule has 154 valence electrons. The number of benzene rings is 1. The van der Waals surface area contributed by atoms with Crippen LogP contribution in [0.15, 0.2) is 47.1 Å². The number of hydrogen-bond acceptors (Lipinski definition) is 5. The largest absolute Gasteiger partial charge is 0.459 e. The third kappa shape index (κ3) is 5.13. The van der Waals surface area contributed by atoms with E-state index in [1.807, 2.05) is 12.1 Å². The summed E-state index contributed by atoms with van der Waals surface area (Å²) in [6, 6.07) is 10.7. The van der Waals surface area contributed by atoms with Gasteiger partial charge < -0.3 is 14.1 Å². The molecule has 1 aliphatic heterocycles. The fraction of sp³-hybridized carbons (Fsp3) is 0.435. The van der Waals surface area contributed by atoms with Crippen LogP contribution in [0.25, 0.3) is 0 Å². The summed E-state index contributed by atoms with van der Waals surface area (Å²) in [5.41, 5.74) is 1.69. The molecular formula is C23H27NO5. The molecule has 6 heteroatoms. The molecule has 3 rings (SSSR count). The molecule has 0 N–H and O–H groups in total. The highest BCUT2D eigenvalue weighted by atomic mass is 16.5. The summed E-state index contributed by atoms with van der Waals surface area (Å²) in [7, 11) is 0. The van der Waals surface area contributed by atoms with Gasteiger partial charge in [-0.1, -0.05) is 45.0 Å². The number of Topliss-reactive ketones (excluding diaryl/α,β-unsaturated/α-hetero) is 1. The van der Waals surface area contributed by atoms with Crippen LogP contribution in [0.3, 0.4) is 0 Å². The lowest BCUT2D eigenvalue weighted by Gasteiger charge is -2.30. The summed E-state index contributed by atoms with van der Waals surface area (Å²) in [4.78, 5) is 38.6. The van der Waals surface area contributed by atoms with E-state index < -0.39 is 0 Å². The number of ketones is 1. The molecule has 1 fully saturated rings. The number of furan rings is 1. The van der Waals surface area contributed by atoms with Crippen molar-refractivity contribution >= 4 is 17.7 Å².